The smallest absolute Gasteiger partial charge is 0.160 e. The fourth-order valence-electron chi connectivity index (χ4n) is 2.71. The van der Waals surface area contributed by atoms with E-state index < -0.39 is 0 Å². The van der Waals surface area contributed by atoms with Crippen LogP contribution in [0.1, 0.15) is 18.4 Å². The Balaban J connectivity index is 1.82. The molecule has 2 heterocycles. The van der Waals surface area contributed by atoms with E-state index in [9.17, 15) is 5.11 Å². The quantitative estimate of drug-likeness (QED) is 0.869. The summed E-state index contributed by atoms with van der Waals surface area (Å²) in [5, 5.41) is 9.80. The molecule has 0 aliphatic carbocycles. The summed E-state index contributed by atoms with van der Waals surface area (Å²) < 4.78 is 10.5. The van der Waals surface area contributed by atoms with Gasteiger partial charge in [0.1, 0.15) is 0 Å². The zero-order chi connectivity index (χ0) is 12.6. The van der Waals surface area contributed by atoms with E-state index in [1.807, 2.05) is 6.07 Å². The maximum atomic E-state index is 9.80. The van der Waals surface area contributed by atoms with Crippen molar-refractivity contribution in [3.05, 3.63) is 23.8 Å². The van der Waals surface area contributed by atoms with E-state index in [1.165, 1.54) is 0 Å². The first-order chi connectivity index (χ1) is 8.72. The minimum Gasteiger partial charge on any atom is -0.504 e. The normalized spacial score (nSPS) is 26.6. The lowest BCUT2D eigenvalue weighted by molar-refractivity contribution is 0.161. The molecule has 1 saturated heterocycles. The predicted molar refractivity (Wildman–Crippen MR) is 68.5 cm³/mol. The van der Waals surface area contributed by atoms with Gasteiger partial charge in [-0.2, -0.15) is 0 Å². The average Bonchev–Trinajstić information content (AvgIpc) is 3.00. The first kappa shape index (κ1) is 11.5. The van der Waals surface area contributed by atoms with E-state index in [1.54, 1.807) is 19.2 Å². The van der Waals surface area contributed by atoms with Crippen LogP contribution in [-0.4, -0.2) is 37.7 Å². The molecule has 0 saturated carbocycles. The van der Waals surface area contributed by atoms with Gasteiger partial charge in [-0.15, -0.1) is 0 Å². The van der Waals surface area contributed by atoms with Crippen molar-refractivity contribution in [1.29, 1.82) is 0 Å². The molecule has 1 fully saturated rings. The van der Waals surface area contributed by atoms with Crippen LogP contribution in [0.3, 0.4) is 0 Å². The predicted octanol–water partition coefficient (Wildman–Crippen LogP) is 2.00. The number of hydrogen-bond donors (Lipinski definition) is 1. The van der Waals surface area contributed by atoms with E-state index in [4.69, 9.17) is 9.47 Å². The van der Waals surface area contributed by atoms with Crippen molar-refractivity contribution in [2.24, 2.45) is 10.4 Å². The molecule has 0 radical (unpaired) electrons. The van der Waals surface area contributed by atoms with Gasteiger partial charge in [-0.25, -0.2) is 0 Å². The Bertz CT molecular complexity index is 490. The second-order valence-corrected chi connectivity index (χ2v) is 5.13. The number of aromatic hydroxyl groups is 1. The average molecular weight is 247 g/mol. The number of phenolic OH excluding ortho intramolecular Hbond substituents is 1. The number of rotatable bonds is 2. The van der Waals surface area contributed by atoms with Gasteiger partial charge in [0.2, 0.25) is 0 Å². The highest BCUT2D eigenvalue weighted by Gasteiger charge is 2.39. The molecule has 4 nitrogen and oxygen atoms in total. The SMILES string of the molecule is COc1ccc(C2=NCC3(CCOC3)C2)cc1O. The van der Waals surface area contributed by atoms with E-state index in [0.717, 1.165) is 43.9 Å². The Morgan fingerprint density at radius 3 is 3.00 bits per heavy atom. The third-order valence-electron chi connectivity index (χ3n) is 3.84. The molecule has 18 heavy (non-hydrogen) atoms. The van der Waals surface area contributed by atoms with Gasteiger partial charge in [0.15, 0.2) is 11.5 Å². The van der Waals surface area contributed by atoms with Crippen LogP contribution in [0.4, 0.5) is 0 Å². The van der Waals surface area contributed by atoms with Crippen molar-refractivity contribution in [3.8, 4) is 11.5 Å². The highest BCUT2D eigenvalue weighted by atomic mass is 16.5. The third kappa shape index (κ3) is 1.86. The van der Waals surface area contributed by atoms with Gasteiger partial charge in [0, 0.05) is 24.3 Å². The molecule has 2 aliphatic rings. The van der Waals surface area contributed by atoms with Crippen molar-refractivity contribution in [3.63, 3.8) is 0 Å². The number of aliphatic imine (C=N–C) groups is 1. The molecule has 1 N–H and O–H groups in total. The molecule has 4 heteroatoms. The second-order valence-electron chi connectivity index (χ2n) is 5.13. The largest absolute Gasteiger partial charge is 0.504 e. The van der Waals surface area contributed by atoms with Crippen molar-refractivity contribution in [2.45, 2.75) is 12.8 Å². The molecule has 1 aromatic carbocycles. The van der Waals surface area contributed by atoms with Gasteiger partial charge in [0.05, 0.1) is 13.7 Å². The number of ether oxygens (including phenoxy) is 2. The molecular formula is C14H17NO3. The summed E-state index contributed by atoms with van der Waals surface area (Å²) in [6.45, 7) is 2.49. The molecule has 2 aliphatic heterocycles. The number of hydrogen-bond acceptors (Lipinski definition) is 4. The summed E-state index contributed by atoms with van der Waals surface area (Å²) in [6.07, 6.45) is 2.03. The molecule has 1 spiro atoms. The van der Waals surface area contributed by atoms with Crippen LogP contribution in [0.25, 0.3) is 0 Å². The van der Waals surface area contributed by atoms with Gasteiger partial charge < -0.3 is 14.6 Å². The standard InChI is InChI=1S/C14H17NO3/c1-17-13-3-2-10(6-12(13)16)11-7-14(8-15-11)4-5-18-9-14/h2-3,6,16H,4-5,7-9H2,1H3. The van der Waals surface area contributed by atoms with Crippen molar-refractivity contribution in [2.75, 3.05) is 26.9 Å². The molecule has 3 rings (SSSR count). The van der Waals surface area contributed by atoms with E-state index in [2.05, 4.69) is 4.99 Å². The molecule has 1 aromatic rings. The summed E-state index contributed by atoms with van der Waals surface area (Å²) >= 11 is 0. The van der Waals surface area contributed by atoms with E-state index in [-0.39, 0.29) is 11.2 Å². The summed E-state index contributed by atoms with van der Waals surface area (Å²) in [6, 6.07) is 5.46. The Kier molecular flexibility index (Phi) is 2.74. The van der Waals surface area contributed by atoms with Gasteiger partial charge in [-0.05, 0) is 36.6 Å². The van der Waals surface area contributed by atoms with Gasteiger partial charge >= 0.3 is 0 Å². The van der Waals surface area contributed by atoms with E-state index >= 15 is 0 Å². The fraction of sp³-hybridized carbons (Fsp3) is 0.500. The number of phenols is 1. The van der Waals surface area contributed by atoms with Gasteiger partial charge in [-0.3, -0.25) is 4.99 Å². The van der Waals surface area contributed by atoms with Crippen LogP contribution in [0.15, 0.2) is 23.2 Å². The second kappa shape index (κ2) is 4.28. The maximum absolute atomic E-state index is 9.80. The number of methoxy groups -OCH3 is 1. The molecule has 0 bridgehead atoms. The van der Waals surface area contributed by atoms with Crippen molar-refractivity contribution < 1.29 is 14.6 Å². The summed E-state index contributed by atoms with van der Waals surface area (Å²) in [4.78, 5) is 4.62. The minimum absolute atomic E-state index is 0.168. The first-order valence-electron chi connectivity index (χ1n) is 6.21. The Morgan fingerprint density at radius 1 is 1.44 bits per heavy atom. The van der Waals surface area contributed by atoms with Crippen LogP contribution in [-0.2, 0) is 4.74 Å². The van der Waals surface area contributed by atoms with Crippen LogP contribution in [0.5, 0.6) is 11.5 Å². The first-order valence-corrected chi connectivity index (χ1v) is 6.21. The molecule has 1 atom stereocenters. The molecule has 1 unspecified atom stereocenters. The van der Waals surface area contributed by atoms with E-state index in [0.29, 0.717) is 5.75 Å². The highest BCUT2D eigenvalue weighted by Crippen LogP contribution is 2.39. The molecule has 0 aromatic heterocycles. The Hall–Kier alpha value is -1.55. The number of nitrogens with zero attached hydrogens (tertiary/aromatic N) is 1. The minimum atomic E-state index is 0.168. The van der Waals surface area contributed by atoms with Crippen LogP contribution < -0.4 is 4.74 Å². The topological polar surface area (TPSA) is 51.0 Å². The molecule has 96 valence electrons. The fourth-order valence-corrected chi connectivity index (χ4v) is 2.71. The molecule has 0 amide bonds. The summed E-state index contributed by atoms with van der Waals surface area (Å²) in [7, 11) is 1.55. The van der Waals surface area contributed by atoms with Gasteiger partial charge in [-0.1, -0.05) is 0 Å². The lowest BCUT2D eigenvalue weighted by Gasteiger charge is -2.18. The zero-order valence-electron chi connectivity index (χ0n) is 10.5. The zero-order valence-corrected chi connectivity index (χ0v) is 10.5. The Labute approximate surface area is 106 Å². The number of benzene rings is 1. The van der Waals surface area contributed by atoms with Crippen molar-refractivity contribution in [1.82, 2.24) is 0 Å². The highest BCUT2D eigenvalue weighted by molar-refractivity contribution is 6.02. The lowest BCUT2D eigenvalue weighted by atomic mass is 9.83. The van der Waals surface area contributed by atoms with Gasteiger partial charge in [0.25, 0.3) is 0 Å². The Morgan fingerprint density at radius 2 is 2.33 bits per heavy atom. The van der Waals surface area contributed by atoms with Crippen LogP contribution in [0, 0.1) is 5.41 Å². The maximum Gasteiger partial charge on any atom is 0.160 e. The lowest BCUT2D eigenvalue weighted by Crippen LogP contribution is -2.22. The summed E-state index contributed by atoms with van der Waals surface area (Å²) in [5.74, 6) is 0.664. The van der Waals surface area contributed by atoms with Crippen LogP contribution in [0.2, 0.25) is 0 Å². The monoisotopic (exact) mass is 247 g/mol. The summed E-state index contributed by atoms with van der Waals surface area (Å²) in [5.41, 5.74) is 2.26. The van der Waals surface area contributed by atoms with Crippen LogP contribution >= 0.6 is 0 Å². The van der Waals surface area contributed by atoms with Crippen molar-refractivity contribution >= 4 is 5.71 Å². The third-order valence-corrected chi connectivity index (χ3v) is 3.84. The molecular weight excluding hydrogens is 230 g/mol.